The van der Waals surface area contributed by atoms with Gasteiger partial charge in [0.15, 0.2) is 0 Å². The maximum absolute atomic E-state index is 12.4. The zero-order chi connectivity index (χ0) is 19.6. The average Bonchev–Trinajstić information content (AvgIpc) is 2.92. The molecule has 0 amide bonds. The van der Waals surface area contributed by atoms with Crippen LogP contribution in [0.5, 0.6) is 5.75 Å². The van der Waals surface area contributed by atoms with E-state index in [1.807, 2.05) is 24.5 Å². The van der Waals surface area contributed by atoms with Gasteiger partial charge in [-0.1, -0.05) is 23.7 Å². The van der Waals surface area contributed by atoms with Gasteiger partial charge in [-0.15, -0.1) is 0 Å². The van der Waals surface area contributed by atoms with Crippen molar-refractivity contribution in [1.29, 1.82) is 0 Å². The molecule has 0 radical (unpaired) electrons. The topological polar surface area (TPSA) is 57.5 Å². The summed E-state index contributed by atoms with van der Waals surface area (Å²) >= 11 is 6.06. The molecule has 1 heterocycles. The monoisotopic (exact) mass is 385 g/mol. The molecule has 0 N–H and O–H groups in total. The summed E-state index contributed by atoms with van der Waals surface area (Å²) in [5, 5.41) is 1.01. The summed E-state index contributed by atoms with van der Waals surface area (Å²) in [4.78, 5) is 24.9. The van der Waals surface area contributed by atoms with Gasteiger partial charge in [0.2, 0.25) is 0 Å². The van der Waals surface area contributed by atoms with E-state index in [0.29, 0.717) is 28.3 Å². The number of benzene rings is 2. The number of hydrogen-bond donors (Lipinski definition) is 0. The zero-order valence-electron chi connectivity index (χ0n) is 15.4. The Morgan fingerprint density at radius 1 is 1.07 bits per heavy atom. The van der Waals surface area contributed by atoms with Crippen LogP contribution in [-0.2, 0) is 11.3 Å². The van der Waals surface area contributed by atoms with E-state index in [1.165, 1.54) is 0 Å². The van der Waals surface area contributed by atoms with Crippen molar-refractivity contribution in [3.8, 4) is 5.75 Å². The van der Waals surface area contributed by atoms with E-state index < -0.39 is 5.97 Å². The normalized spacial score (nSPS) is 10.8. The Morgan fingerprint density at radius 2 is 1.81 bits per heavy atom. The Labute approximate surface area is 162 Å². The molecule has 0 saturated carbocycles. The van der Waals surface area contributed by atoms with Gasteiger partial charge in [0, 0.05) is 23.1 Å². The molecule has 140 valence electrons. The fourth-order valence-corrected chi connectivity index (χ4v) is 3.39. The summed E-state index contributed by atoms with van der Waals surface area (Å²) in [7, 11) is 0. The van der Waals surface area contributed by atoms with E-state index in [9.17, 15) is 9.59 Å². The number of esters is 2. The number of carbonyl (C=O) groups excluding carboxylic acids is 2. The molecule has 0 spiro atoms. The number of fused-ring (bicyclic) bond motifs is 1. The lowest BCUT2D eigenvalue weighted by Crippen LogP contribution is -2.09. The second kappa shape index (κ2) is 7.84. The van der Waals surface area contributed by atoms with Gasteiger partial charge < -0.3 is 14.0 Å². The second-order valence-electron chi connectivity index (χ2n) is 5.97. The van der Waals surface area contributed by atoms with Crippen LogP contribution in [0.15, 0.2) is 42.5 Å². The van der Waals surface area contributed by atoms with Gasteiger partial charge in [-0.3, -0.25) is 0 Å². The molecule has 0 atom stereocenters. The van der Waals surface area contributed by atoms with E-state index >= 15 is 0 Å². The van der Waals surface area contributed by atoms with Crippen molar-refractivity contribution < 1.29 is 19.1 Å². The fraction of sp³-hybridized carbons (Fsp3) is 0.238. The lowest BCUT2D eigenvalue weighted by molar-refractivity contribution is 0.0527. The molecule has 0 aliphatic carbocycles. The van der Waals surface area contributed by atoms with Gasteiger partial charge >= 0.3 is 11.9 Å². The minimum atomic E-state index is -0.552. The number of nitrogens with zero attached hydrogens (tertiary/aromatic N) is 1. The minimum Gasteiger partial charge on any atom is -0.462 e. The molecule has 0 unspecified atom stereocenters. The Morgan fingerprint density at radius 3 is 2.48 bits per heavy atom. The Bertz CT molecular complexity index is 1020. The van der Waals surface area contributed by atoms with Gasteiger partial charge in [-0.25, -0.2) is 9.59 Å². The van der Waals surface area contributed by atoms with Crippen molar-refractivity contribution >= 4 is 34.4 Å². The number of aromatic nitrogens is 1. The zero-order valence-corrected chi connectivity index (χ0v) is 16.2. The van der Waals surface area contributed by atoms with Gasteiger partial charge in [-0.2, -0.15) is 0 Å². The summed E-state index contributed by atoms with van der Waals surface area (Å²) in [5.41, 5.74) is 2.48. The average molecular weight is 386 g/mol. The summed E-state index contributed by atoms with van der Waals surface area (Å²) in [6.07, 6.45) is 0. The lowest BCUT2D eigenvalue weighted by Gasteiger charge is -2.07. The Hall–Kier alpha value is -2.79. The van der Waals surface area contributed by atoms with Crippen LogP contribution >= 0.6 is 11.6 Å². The summed E-state index contributed by atoms with van der Waals surface area (Å²) in [6, 6.07) is 11.9. The van der Waals surface area contributed by atoms with E-state index in [2.05, 4.69) is 0 Å². The van der Waals surface area contributed by atoms with Crippen molar-refractivity contribution in [2.24, 2.45) is 0 Å². The maximum atomic E-state index is 12.4. The first kappa shape index (κ1) is 19.0. The fourth-order valence-electron chi connectivity index (χ4n) is 3.18. The van der Waals surface area contributed by atoms with Crippen LogP contribution < -0.4 is 4.74 Å². The maximum Gasteiger partial charge on any atom is 0.345 e. The van der Waals surface area contributed by atoms with Gasteiger partial charge in [-0.05, 0) is 51.1 Å². The van der Waals surface area contributed by atoms with Crippen LogP contribution in [0.1, 0.15) is 40.3 Å². The molecular weight excluding hydrogens is 366 g/mol. The smallest absolute Gasteiger partial charge is 0.345 e. The van der Waals surface area contributed by atoms with Crippen molar-refractivity contribution in [1.82, 2.24) is 4.57 Å². The molecule has 2 aromatic carbocycles. The van der Waals surface area contributed by atoms with E-state index in [1.54, 1.807) is 43.3 Å². The molecule has 6 heteroatoms. The lowest BCUT2D eigenvalue weighted by atomic mass is 10.1. The summed E-state index contributed by atoms with van der Waals surface area (Å²) < 4.78 is 12.7. The van der Waals surface area contributed by atoms with Crippen molar-refractivity contribution in [3.63, 3.8) is 0 Å². The highest BCUT2D eigenvalue weighted by molar-refractivity contribution is 6.33. The first-order chi connectivity index (χ1) is 13.0. The van der Waals surface area contributed by atoms with Gasteiger partial charge in [0.25, 0.3) is 0 Å². The number of halogens is 1. The van der Waals surface area contributed by atoms with Gasteiger partial charge in [0.1, 0.15) is 5.75 Å². The number of carbonyl (C=O) groups is 2. The predicted octanol–water partition coefficient (Wildman–Crippen LogP) is 5.02. The Balaban J connectivity index is 2.04. The van der Waals surface area contributed by atoms with Crippen molar-refractivity contribution in [2.75, 3.05) is 6.61 Å². The molecule has 3 rings (SSSR count). The molecule has 0 fully saturated rings. The third kappa shape index (κ3) is 3.55. The van der Waals surface area contributed by atoms with Crippen LogP contribution in [0.2, 0.25) is 5.02 Å². The molecular formula is C21H20ClNO4. The van der Waals surface area contributed by atoms with Crippen molar-refractivity contribution in [3.05, 3.63) is 64.3 Å². The first-order valence-corrected chi connectivity index (χ1v) is 9.12. The van der Waals surface area contributed by atoms with E-state index in [-0.39, 0.29) is 18.1 Å². The SMILES string of the molecule is CCOC(=O)c1c(C)n(CC)c2ccc(OC(=O)c3ccccc3Cl)cc12. The highest BCUT2D eigenvalue weighted by Crippen LogP contribution is 2.30. The molecule has 0 bridgehead atoms. The number of ether oxygens (including phenoxy) is 2. The van der Waals surface area contributed by atoms with Crippen LogP contribution in [-0.4, -0.2) is 23.1 Å². The van der Waals surface area contributed by atoms with Crippen LogP contribution in [0.3, 0.4) is 0 Å². The standard InChI is InChI=1S/C21H20ClNO4/c1-4-23-13(3)19(21(25)26-5-2)16-12-14(10-11-18(16)23)27-20(24)15-8-6-7-9-17(15)22/h6-12H,4-5H2,1-3H3. The number of aryl methyl sites for hydroxylation is 1. The largest absolute Gasteiger partial charge is 0.462 e. The third-order valence-electron chi connectivity index (χ3n) is 4.39. The van der Waals surface area contributed by atoms with Crippen LogP contribution in [0.4, 0.5) is 0 Å². The molecule has 0 aliphatic rings. The summed E-state index contributed by atoms with van der Waals surface area (Å²) in [6.45, 7) is 6.65. The number of hydrogen-bond acceptors (Lipinski definition) is 4. The highest BCUT2D eigenvalue weighted by Gasteiger charge is 2.21. The number of rotatable bonds is 5. The predicted molar refractivity (Wildman–Crippen MR) is 105 cm³/mol. The molecule has 5 nitrogen and oxygen atoms in total. The van der Waals surface area contributed by atoms with Gasteiger partial charge in [0.05, 0.1) is 22.8 Å². The van der Waals surface area contributed by atoms with Crippen LogP contribution in [0.25, 0.3) is 10.9 Å². The second-order valence-corrected chi connectivity index (χ2v) is 6.38. The molecule has 1 aromatic heterocycles. The molecule has 0 saturated heterocycles. The Kier molecular flexibility index (Phi) is 5.51. The molecule has 0 aliphatic heterocycles. The minimum absolute atomic E-state index is 0.284. The quantitative estimate of drug-likeness (QED) is 0.457. The summed E-state index contributed by atoms with van der Waals surface area (Å²) in [5.74, 6) is -0.600. The van der Waals surface area contributed by atoms with Crippen LogP contribution in [0, 0.1) is 6.92 Å². The molecule has 3 aromatic rings. The van der Waals surface area contributed by atoms with Crippen molar-refractivity contribution in [2.45, 2.75) is 27.3 Å². The van der Waals surface area contributed by atoms with E-state index in [0.717, 1.165) is 11.2 Å². The van der Waals surface area contributed by atoms with E-state index in [4.69, 9.17) is 21.1 Å². The molecule has 27 heavy (non-hydrogen) atoms. The third-order valence-corrected chi connectivity index (χ3v) is 4.72. The highest BCUT2D eigenvalue weighted by atomic mass is 35.5. The first-order valence-electron chi connectivity index (χ1n) is 8.74.